The van der Waals surface area contributed by atoms with Crippen molar-refractivity contribution in [1.29, 1.82) is 0 Å². The molecule has 7 heteroatoms. The molecular formula is C14H21N5O2. The molecule has 2 rings (SSSR count). The average Bonchev–Trinajstić information content (AvgIpc) is 2.36. The Kier molecular flexibility index (Phi) is 3.61. The van der Waals surface area contributed by atoms with Crippen molar-refractivity contribution in [2.75, 3.05) is 17.2 Å². The number of anilines is 2. The minimum atomic E-state index is -0.483. The Morgan fingerprint density at radius 1 is 1.29 bits per heavy atom. The summed E-state index contributed by atoms with van der Waals surface area (Å²) < 4.78 is 0. The van der Waals surface area contributed by atoms with E-state index in [-0.39, 0.29) is 23.8 Å². The van der Waals surface area contributed by atoms with E-state index in [1.165, 1.54) is 0 Å². The van der Waals surface area contributed by atoms with Crippen LogP contribution in [0.15, 0.2) is 0 Å². The summed E-state index contributed by atoms with van der Waals surface area (Å²) in [6, 6.07) is -0.483. The molecule has 1 aromatic rings. The number of rotatable bonds is 1. The quantitative estimate of drug-likeness (QED) is 0.731. The molecule has 1 unspecified atom stereocenters. The molecule has 2 amide bonds. The van der Waals surface area contributed by atoms with Crippen LogP contribution in [-0.2, 0) is 15.0 Å². The van der Waals surface area contributed by atoms with Crippen LogP contribution in [0.5, 0.6) is 0 Å². The number of piperazine rings is 1. The van der Waals surface area contributed by atoms with Crippen LogP contribution in [0.1, 0.15) is 39.1 Å². The molecular weight excluding hydrogens is 270 g/mol. The van der Waals surface area contributed by atoms with Gasteiger partial charge in [0.1, 0.15) is 23.5 Å². The van der Waals surface area contributed by atoms with Gasteiger partial charge in [0.05, 0.1) is 6.54 Å². The smallest absolute Gasteiger partial charge is 0.249 e. The van der Waals surface area contributed by atoms with Crippen molar-refractivity contribution >= 4 is 23.5 Å². The number of nitrogens with two attached hydrogens (primary N) is 1. The topological polar surface area (TPSA) is 101 Å². The van der Waals surface area contributed by atoms with Crippen molar-refractivity contribution in [3.05, 3.63) is 11.4 Å². The molecule has 0 bridgehead atoms. The van der Waals surface area contributed by atoms with E-state index in [9.17, 15) is 9.59 Å². The number of imide groups is 1. The largest absolute Gasteiger partial charge is 0.383 e. The Morgan fingerprint density at radius 3 is 2.48 bits per heavy atom. The molecule has 1 saturated heterocycles. The Balaban J connectivity index is 2.54. The maximum atomic E-state index is 11.8. The minimum Gasteiger partial charge on any atom is -0.383 e. The Morgan fingerprint density at radius 2 is 1.90 bits per heavy atom. The monoisotopic (exact) mass is 291 g/mol. The Hall–Kier alpha value is -2.18. The van der Waals surface area contributed by atoms with Crippen LogP contribution >= 0.6 is 0 Å². The first-order valence-electron chi connectivity index (χ1n) is 6.86. The van der Waals surface area contributed by atoms with Crippen LogP contribution in [-0.4, -0.2) is 34.4 Å². The highest BCUT2D eigenvalue weighted by Crippen LogP contribution is 2.28. The first kappa shape index (κ1) is 15.2. The summed E-state index contributed by atoms with van der Waals surface area (Å²) >= 11 is 0. The zero-order chi connectivity index (χ0) is 15.9. The van der Waals surface area contributed by atoms with Crippen molar-refractivity contribution in [2.24, 2.45) is 0 Å². The van der Waals surface area contributed by atoms with Crippen molar-refractivity contribution in [2.45, 2.75) is 46.1 Å². The number of nitrogen functional groups attached to an aromatic ring is 1. The number of carbonyl (C=O) groups is 2. The molecule has 114 valence electrons. The van der Waals surface area contributed by atoms with E-state index < -0.39 is 6.04 Å². The molecule has 0 spiro atoms. The molecule has 1 aliphatic rings. The fourth-order valence-electron chi connectivity index (χ4n) is 2.11. The lowest BCUT2D eigenvalue weighted by atomic mass is 9.95. The second-order valence-electron chi connectivity index (χ2n) is 6.35. The Labute approximate surface area is 123 Å². The lowest BCUT2D eigenvalue weighted by Crippen LogP contribution is -2.57. The van der Waals surface area contributed by atoms with Crippen molar-refractivity contribution in [3.63, 3.8) is 0 Å². The van der Waals surface area contributed by atoms with Gasteiger partial charge in [-0.3, -0.25) is 14.9 Å². The molecule has 3 N–H and O–H groups in total. The van der Waals surface area contributed by atoms with Gasteiger partial charge in [-0.05, 0) is 13.8 Å². The normalized spacial score (nSPS) is 19.7. The van der Waals surface area contributed by atoms with E-state index in [4.69, 9.17) is 5.73 Å². The summed E-state index contributed by atoms with van der Waals surface area (Å²) in [4.78, 5) is 34.0. The summed E-state index contributed by atoms with van der Waals surface area (Å²) in [5, 5.41) is 2.31. The fraction of sp³-hybridized carbons (Fsp3) is 0.571. The summed E-state index contributed by atoms with van der Waals surface area (Å²) in [6.45, 7) is 9.56. The summed E-state index contributed by atoms with van der Waals surface area (Å²) in [6.07, 6.45) is 0. The molecule has 0 saturated carbocycles. The Bertz CT molecular complexity index is 606. The van der Waals surface area contributed by atoms with Crippen molar-refractivity contribution in [1.82, 2.24) is 15.3 Å². The molecule has 7 nitrogen and oxygen atoms in total. The maximum absolute atomic E-state index is 11.8. The molecule has 0 aromatic carbocycles. The van der Waals surface area contributed by atoms with E-state index in [2.05, 4.69) is 15.3 Å². The van der Waals surface area contributed by atoms with E-state index in [0.717, 1.165) is 0 Å². The van der Waals surface area contributed by atoms with Crippen molar-refractivity contribution < 1.29 is 9.59 Å². The molecule has 0 radical (unpaired) electrons. The minimum absolute atomic E-state index is 0.0772. The van der Waals surface area contributed by atoms with E-state index in [1.807, 2.05) is 20.8 Å². The van der Waals surface area contributed by atoms with E-state index >= 15 is 0 Å². The predicted octanol–water partition coefficient (Wildman–Crippen LogP) is 0.516. The van der Waals surface area contributed by atoms with Crippen LogP contribution in [0.3, 0.4) is 0 Å². The lowest BCUT2D eigenvalue weighted by molar-refractivity contribution is -0.132. The van der Waals surface area contributed by atoms with Crippen LogP contribution in [0.2, 0.25) is 0 Å². The van der Waals surface area contributed by atoms with Gasteiger partial charge in [0, 0.05) is 11.0 Å². The molecule has 2 heterocycles. The number of amides is 2. The van der Waals surface area contributed by atoms with Crippen LogP contribution in [0.25, 0.3) is 0 Å². The lowest BCUT2D eigenvalue weighted by Gasteiger charge is -2.34. The zero-order valence-electron chi connectivity index (χ0n) is 13.0. The van der Waals surface area contributed by atoms with E-state index in [0.29, 0.717) is 23.0 Å². The van der Waals surface area contributed by atoms with E-state index in [1.54, 1.807) is 18.7 Å². The van der Waals surface area contributed by atoms with Crippen LogP contribution in [0.4, 0.5) is 11.6 Å². The van der Waals surface area contributed by atoms with Gasteiger partial charge < -0.3 is 10.6 Å². The van der Waals surface area contributed by atoms with Gasteiger partial charge >= 0.3 is 0 Å². The van der Waals surface area contributed by atoms with Gasteiger partial charge in [-0.25, -0.2) is 9.97 Å². The van der Waals surface area contributed by atoms with Gasteiger partial charge in [-0.15, -0.1) is 0 Å². The highest BCUT2D eigenvalue weighted by molar-refractivity contribution is 6.04. The van der Waals surface area contributed by atoms with Gasteiger partial charge in [0.2, 0.25) is 11.8 Å². The third-order valence-corrected chi connectivity index (χ3v) is 3.52. The standard InChI is InChI=1S/C14H21N5O2/c1-7-10(15)17-13(14(3,4)5)18-11(7)19-6-9(20)16-12(21)8(19)2/h8H,6H2,1-5H3,(H2,15,17,18)(H,16,20,21). The second-order valence-corrected chi connectivity index (χ2v) is 6.35. The fourth-order valence-corrected chi connectivity index (χ4v) is 2.11. The SMILES string of the molecule is Cc1c(N)nc(C(C)(C)C)nc1N1CC(=O)NC(=O)C1C. The number of hydrogen-bond donors (Lipinski definition) is 2. The molecule has 1 fully saturated rings. The van der Waals surface area contributed by atoms with Crippen LogP contribution in [0, 0.1) is 6.92 Å². The van der Waals surface area contributed by atoms with Gasteiger partial charge in [-0.2, -0.15) is 0 Å². The molecule has 21 heavy (non-hydrogen) atoms. The molecule has 1 aliphatic heterocycles. The molecule has 1 atom stereocenters. The number of hydrogen-bond acceptors (Lipinski definition) is 6. The van der Waals surface area contributed by atoms with Gasteiger partial charge in [-0.1, -0.05) is 20.8 Å². The van der Waals surface area contributed by atoms with Gasteiger partial charge in [0.25, 0.3) is 0 Å². The predicted molar refractivity (Wildman–Crippen MR) is 79.8 cm³/mol. The number of nitrogens with one attached hydrogen (secondary N) is 1. The van der Waals surface area contributed by atoms with Gasteiger partial charge in [0.15, 0.2) is 0 Å². The third kappa shape index (κ3) is 2.81. The first-order valence-corrected chi connectivity index (χ1v) is 6.86. The third-order valence-electron chi connectivity index (χ3n) is 3.52. The highest BCUT2D eigenvalue weighted by Gasteiger charge is 2.33. The molecule has 0 aliphatic carbocycles. The van der Waals surface area contributed by atoms with Crippen LogP contribution < -0.4 is 16.0 Å². The number of nitrogens with zero attached hydrogens (tertiary/aromatic N) is 3. The number of carbonyl (C=O) groups excluding carboxylic acids is 2. The second kappa shape index (κ2) is 4.98. The first-order chi connectivity index (χ1) is 9.61. The highest BCUT2D eigenvalue weighted by atomic mass is 16.2. The average molecular weight is 291 g/mol. The van der Waals surface area contributed by atoms with Crippen molar-refractivity contribution in [3.8, 4) is 0 Å². The summed E-state index contributed by atoms with van der Waals surface area (Å²) in [5.41, 5.74) is 6.38. The summed E-state index contributed by atoms with van der Waals surface area (Å²) in [7, 11) is 0. The zero-order valence-corrected chi connectivity index (χ0v) is 13.0. The molecule has 1 aromatic heterocycles. The summed E-state index contributed by atoms with van der Waals surface area (Å²) in [5.74, 6) is 0.831. The maximum Gasteiger partial charge on any atom is 0.249 e. The number of aromatic nitrogens is 2.